The summed E-state index contributed by atoms with van der Waals surface area (Å²) >= 11 is 3.44. The van der Waals surface area contributed by atoms with Gasteiger partial charge in [-0.3, -0.25) is 5.43 Å². The smallest absolute Gasteiger partial charge is 0.0749 e. The lowest BCUT2D eigenvalue weighted by molar-refractivity contribution is 1.36. The predicted octanol–water partition coefficient (Wildman–Crippen LogP) is 5.60. The summed E-state index contributed by atoms with van der Waals surface area (Å²) in [6.07, 6.45) is 1.82. The van der Waals surface area contributed by atoms with Crippen LogP contribution in [0.3, 0.4) is 0 Å². The summed E-state index contributed by atoms with van der Waals surface area (Å²) in [7, 11) is 0. The number of halogens is 1. The van der Waals surface area contributed by atoms with Gasteiger partial charge >= 0.3 is 0 Å². The molecule has 3 aromatic carbocycles. The summed E-state index contributed by atoms with van der Waals surface area (Å²) < 4.78 is 1.05. The van der Waals surface area contributed by atoms with Gasteiger partial charge in [0.15, 0.2) is 0 Å². The number of aromatic nitrogens is 1. The first-order valence-corrected chi connectivity index (χ1v) is 8.43. The molecule has 0 saturated carbocycles. The minimum Gasteiger partial charge on any atom is -0.277 e. The Bertz CT molecular complexity index is 986. The number of pyridine rings is 1. The lowest BCUT2D eigenvalue weighted by Gasteiger charge is -2.09. The van der Waals surface area contributed by atoms with Crippen molar-refractivity contribution in [3.05, 3.63) is 82.8 Å². The zero-order valence-electron chi connectivity index (χ0n) is 12.8. The average Bonchev–Trinajstić information content (AvgIpc) is 2.63. The molecule has 0 atom stereocenters. The van der Waals surface area contributed by atoms with E-state index in [2.05, 4.69) is 38.6 Å². The van der Waals surface area contributed by atoms with Gasteiger partial charge in [-0.05, 0) is 29.8 Å². The molecule has 116 valence electrons. The quantitative estimate of drug-likeness (QED) is 0.287. The minimum absolute atomic E-state index is 0.956. The Morgan fingerprint density at radius 1 is 0.792 bits per heavy atom. The van der Waals surface area contributed by atoms with Gasteiger partial charge in [0.25, 0.3) is 0 Å². The first-order valence-electron chi connectivity index (χ1n) is 7.63. The van der Waals surface area contributed by atoms with Crippen molar-refractivity contribution in [2.45, 2.75) is 0 Å². The lowest BCUT2D eigenvalue weighted by atomic mass is 10.1. The van der Waals surface area contributed by atoms with E-state index in [1.807, 2.05) is 66.9 Å². The van der Waals surface area contributed by atoms with Crippen LogP contribution in [0, 0.1) is 0 Å². The summed E-state index contributed by atoms with van der Waals surface area (Å²) in [6.45, 7) is 0. The molecule has 0 bridgehead atoms. The number of para-hydroxylation sites is 2. The van der Waals surface area contributed by atoms with E-state index in [4.69, 9.17) is 4.98 Å². The Hall–Kier alpha value is -2.72. The molecule has 4 aromatic rings. The molecule has 4 heteroatoms. The molecule has 0 aliphatic heterocycles. The normalized spacial score (nSPS) is 11.4. The Morgan fingerprint density at radius 2 is 1.38 bits per heavy atom. The van der Waals surface area contributed by atoms with E-state index < -0.39 is 0 Å². The number of hydrogen-bond donors (Lipinski definition) is 1. The highest BCUT2D eigenvalue weighted by Crippen LogP contribution is 2.30. The van der Waals surface area contributed by atoms with Crippen molar-refractivity contribution < 1.29 is 0 Å². The van der Waals surface area contributed by atoms with Gasteiger partial charge in [-0.15, -0.1) is 0 Å². The maximum absolute atomic E-state index is 4.72. The zero-order chi connectivity index (χ0) is 16.4. The van der Waals surface area contributed by atoms with Gasteiger partial charge in [0.05, 0.1) is 22.9 Å². The first kappa shape index (κ1) is 14.8. The van der Waals surface area contributed by atoms with Gasteiger partial charge in [0.1, 0.15) is 0 Å². The van der Waals surface area contributed by atoms with Crippen LogP contribution >= 0.6 is 15.9 Å². The number of rotatable bonds is 3. The Kier molecular flexibility index (Phi) is 3.97. The molecule has 3 nitrogen and oxygen atoms in total. The second-order valence-electron chi connectivity index (χ2n) is 5.44. The van der Waals surface area contributed by atoms with Gasteiger partial charge < -0.3 is 0 Å². The summed E-state index contributed by atoms with van der Waals surface area (Å²) in [6, 6.07) is 24.2. The van der Waals surface area contributed by atoms with E-state index in [1.54, 1.807) is 0 Å². The lowest BCUT2D eigenvalue weighted by Crippen LogP contribution is -1.95. The van der Waals surface area contributed by atoms with Crippen molar-refractivity contribution in [3.63, 3.8) is 0 Å². The van der Waals surface area contributed by atoms with Gasteiger partial charge in [-0.2, -0.15) is 5.10 Å². The number of benzene rings is 3. The Balaban J connectivity index is 1.77. The van der Waals surface area contributed by atoms with Crippen LogP contribution < -0.4 is 5.43 Å². The van der Waals surface area contributed by atoms with E-state index >= 15 is 0 Å². The largest absolute Gasteiger partial charge is 0.277 e. The molecule has 0 saturated heterocycles. The minimum atomic E-state index is 0.956. The van der Waals surface area contributed by atoms with E-state index in [1.165, 1.54) is 0 Å². The highest BCUT2D eigenvalue weighted by Gasteiger charge is 2.07. The molecule has 1 heterocycles. The van der Waals surface area contributed by atoms with E-state index in [9.17, 15) is 0 Å². The van der Waals surface area contributed by atoms with E-state index in [-0.39, 0.29) is 0 Å². The molecule has 1 aromatic heterocycles. The number of nitrogens with zero attached hydrogens (tertiary/aromatic N) is 2. The fourth-order valence-electron chi connectivity index (χ4n) is 2.68. The third-order valence-corrected chi connectivity index (χ3v) is 4.38. The number of hydrogen-bond acceptors (Lipinski definition) is 3. The van der Waals surface area contributed by atoms with Crippen LogP contribution in [-0.2, 0) is 0 Å². The van der Waals surface area contributed by atoms with Crippen LogP contribution in [0.15, 0.2) is 82.4 Å². The molecule has 0 fully saturated rings. The third-order valence-electron chi connectivity index (χ3n) is 3.85. The molecule has 24 heavy (non-hydrogen) atoms. The topological polar surface area (TPSA) is 37.3 Å². The molecule has 1 N–H and O–H groups in total. The summed E-state index contributed by atoms with van der Waals surface area (Å²) in [5.41, 5.74) is 7.14. The van der Waals surface area contributed by atoms with Crippen molar-refractivity contribution >= 4 is 49.6 Å². The van der Waals surface area contributed by atoms with Crippen LogP contribution in [0.2, 0.25) is 0 Å². The summed E-state index contributed by atoms with van der Waals surface area (Å²) in [5.74, 6) is 0. The number of hydrazone groups is 1. The number of anilines is 1. The zero-order valence-corrected chi connectivity index (χ0v) is 14.4. The fraction of sp³-hybridized carbons (Fsp3) is 0. The number of nitrogens with one attached hydrogen (secondary N) is 1. The fourth-order valence-corrected chi connectivity index (χ4v) is 2.94. The predicted molar refractivity (Wildman–Crippen MR) is 105 cm³/mol. The molecular formula is C20H14BrN3. The monoisotopic (exact) mass is 375 g/mol. The van der Waals surface area contributed by atoms with Crippen LogP contribution in [-0.4, -0.2) is 11.2 Å². The second-order valence-corrected chi connectivity index (χ2v) is 6.36. The van der Waals surface area contributed by atoms with Gasteiger partial charge in [-0.1, -0.05) is 64.5 Å². The SMILES string of the molecule is Brc1ccc(/C=N/Nc2c3ccccc3nc3ccccc23)cc1. The molecule has 0 aliphatic carbocycles. The molecular weight excluding hydrogens is 362 g/mol. The van der Waals surface area contributed by atoms with Crippen LogP contribution in [0.25, 0.3) is 21.8 Å². The van der Waals surface area contributed by atoms with E-state index in [0.29, 0.717) is 0 Å². The van der Waals surface area contributed by atoms with Gasteiger partial charge in [-0.25, -0.2) is 4.98 Å². The maximum Gasteiger partial charge on any atom is 0.0749 e. The van der Waals surface area contributed by atoms with Crippen molar-refractivity contribution in [2.75, 3.05) is 5.43 Å². The molecule has 0 aliphatic rings. The van der Waals surface area contributed by atoms with Crippen molar-refractivity contribution in [1.82, 2.24) is 4.98 Å². The Labute approximate surface area is 148 Å². The highest BCUT2D eigenvalue weighted by molar-refractivity contribution is 9.10. The third kappa shape index (κ3) is 2.88. The molecule has 0 radical (unpaired) electrons. The van der Waals surface area contributed by atoms with Crippen LogP contribution in [0.4, 0.5) is 5.69 Å². The Morgan fingerprint density at radius 3 is 2.00 bits per heavy atom. The number of fused-ring (bicyclic) bond motifs is 2. The first-order chi connectivity index (χ1) is 11.8. The molecule has 0 spiro atoms. The summed E-state index contributed by atoms with van der Waals surface area (Å²) in [5, 5.41) is 6.54. The standard InChI is InChI=1S/C20H14BrN3/c21-15-11-9-14(10-12-15)13-22-24-20-16-5-1-3-7-18(16)23-19-8-4-2-6-17(19)20/h1-13H,(H,23,24)/b22-13+. The highest BCUT2D eigenvalue weighted by atomic mass is 79.9. The summed E-state index contributed by atoms with van der Waals surface area (Å²) in [4.78, 5) is 4.72. The second kappa shape index (κ2) is 6.42. The molecule has 0 unspecified atom stereocenters. The van der Waals surface area contributed by atoms with Crippen LogP contribution in [0.1, 0.15) is 5.56 Å². The molecule has 0 amide bonds. The average molecular weight is 376 g/mol. The molecule has 4 rings (SSSR count). The maximum atomic E-state index is 4.72. The van der Waals surface area contributed by atoms with Gasteiger partial charge in [0.2, 0.25) is 0 Å². The van der Waals surface area contributed by atoms with Crippen LogP contribution in [0.5, 0.6) is 0 Å². The van der Waals surface area contributed by atoms with Crippen molar-refractivity contribution in [2.24, 2.45) is 5.10 Å². The van der Waals surface area contributed by atoms with Gasteiger partial charge in [0, 0.05) is 15.2 Å². The van der Waals surface area contributed by atoms with E-state index in [0.717, 1.165) is 37.5 Å². The van der Waals surface area contributed by atoms with Crippen molar-refractivity contribution in [3.8, 4) is 0 Å². The van der Waals surface area contributed by atoms with Crippen molar-refractivity contribution in [1.29, 1.82) is 0 Å².